The van der Waals surface area contributed by atoms with Crippen LogP contribution in [0.5, 0.6) is 0 Å². The molecule has 0 bridgehead atoms. The molecule has 1 aliphatic carbocycles. The van der Waals surface area contributed by atoms with Gasteiger partial charge in [-0.2, -0.15) is 0 Å². The third-order valence-electron chi connectivity index (χ3n) is 2.69. The highest BCUT2D eigenvalue weighted by Gasteiger charge is 2.28. The van der Waals surface area contributed by atoms with Gasteiger partial charge in [0, 0.05) is 31.4 Å². The molecule has 1 aliphatic rings. The quantitative estimate of drug-likeness (QED) is 0.683. The molecule has 0 aromatic heterocycles. The van der Waals surface area contributed by atoms with Crippen molar-refractivity contribution in [1.29, 1.82) is 0 Å². The van der Waals surface area contributed by atoms with Crippen molar-refractivity contribution >= 4 is 21.8 Å². The van der Waals surface area contributed by atoms with Gasteiger partial charge in [-0.15, -0.1) is 0 Å². The minimum Gasteiger partial charge on any atom is -0.383 e. The maximum absolute atomic E-state index is 11.9. The zero-order valence-corrected chi connectivity index (χ0v) is 10.3. The summed E-state index contributed by atoms with van der Waals surface area (Å²) in [5.74, 6) is 0.610. The first-order valence-electron chi connectivity index (χ1n) is 5.13. The Morgan fingerprint density at radius 3 is 2.64 bits per heavy atom. The Labute approximate surface area is 93.9 Å². The van der Waals surface area contributed by atoms with Gasteiger partial charge in [0.05, 0.1) is 6.61 Å². The molecule has 0 N–H and O–H groups in total. The molecule has 0 atom stereocenters. The third kappa shape index (κ3) is 3.24. The fourth-order valence-electron chi connectivity index (χ4n) is 1.55. The molecule has 1 amide bonds. The number of halogens is 1. The molecule has 3 nitrogen and oxygen atoms in total. The number of carbonyl (C=O) groups excluding carboxylic acids is 1. The zero-order chi connectivity index (χ0) is 10.4. The maximum atomic E-state index is 11.9. The van der Waals surface area contributed by atoms with Crippen molar-refractivity contribution in [2.75, 3.05) is 32.1 Å². The molecule has 4 heteroatoms. The summed E-state index contributed by atoms with van der Waals surface area (Å²) in [7, 11) is 1.67. The highest BCUT2D eigenvalue weighted by atomic mass is 79.9. The lowest BCUT2D eigenvalue weighted by Gasteiger charge is -2.31. The van der Waals surface area contributed by atoms with E-state index in [0.717, 1.165) is 31.3 Å². The Morgan fingerprint density at radius 2 is 2.21 bits per heavy atom. The molecule has 0 radical (unpaired) electrons. The largest absolute Gasteiger partial charge is 0.383 e. The first-order valence-corrected chi connectivity index (χ1v) is 6.25. The van der Waals surface area contributed by atoms with Gasteiger partial charge < -0.3 is 9.64 Å². The fraction of sp³-hybridized carbons (Fsp3) is 0.900. The number of ether oxygens (including phenoxy) is 1. The predicted octanol–water partition coefficient (Wildman–Crippen LogP) is 1.66. The number of hydrogen-bond acceptors (Lipinski definition) is 2. The van der Waals surface area contributed by atoms with Gasteiger partial charge >= 0.3 is 0 Å². The molecule has 0 aromatic rings. The molecule has 0 heterocycles. The third-order valence-corrected chi connectivity index (χ3v) is 3.04. The molecule has 82 valence electrons. The molecular formula is C10H18BrNO2. The lowest BCUT2D eigenvalue weighted by molar-refractivity contribution is -0.138. The summed E-state index contributed by atoms with van der Waals surface area (Å²) in [5.41, 5.74) is 0. The van der Waals surface area contributed by atoms with E-state index in [1.54, 1.807) is 7.11 Å². The Balaban J connectivity index is 2.34. The van der Waals surface area contributed by atoms with Gasteiger partial charge in [-0.25, -0.2) is 0 Å². The Hall–Kier alpha value is -0.0900. The molecule has 0 aromatic carbocycles. The molecule has 1 fully saturated rings. The SMILES string of the molecule is COCCN(CCBr)C(=O)C1CCC1. The van der Waals surface area contributed by atoms with Crippen molar-refractivity contribution < 1.29 is 9.53 Å². The number of alkyl halides is 1. The van der Waals surface area contributed by atoms with E-state index in [4.69, 9.17) is 4.74 Å². The van der Waals surface area contributed by atoms with Gasteiger partial charge in [0.15, 0.2) is 0 Å². The Morgan fingerprint density at radius 1 is 1.50 bits per heavy atom. The zero-order valence-electron chi connectivity index (χ0n) is 8.67. The van der Waals surface area contributed by atoms with Gasteiger partial charge in [-0.05, 0) is 12.8 Å². The van der Waals surface area contributed by atoms with E-state index in [1.807, 2.05) is 4.90 Å². The molecular weight excluding hydrogens is 246 g/mol. The molecule has 0 unspecified atom stereocenters. The number of nitrogens with zero attached hydrogens (tertiary/aromatic N) is 1. The van der Waals surface area contributed by atoms with Crippen LogP contribution in [0, 0.1) is 5.92 Å². The van der Waals surface area contributed by atoms with Crippen LogP contribution in [0.15, 0.2) is 0 Å². The minimum absolute atomic E-state index is 0.297. The van der Waals surface area contributed by atoms with Crippen molar-refractivity contribution in [2.45, 2.75) is 19.3 Å². The predicted molar refractivity (Wildman–Crippen MR) is 59.6 cm³/mol. The van der Waals surface area contributed by atoms with E-state index >= 15 is 0 Å². The van der Waals surface area contributed by atoms with E-state index in [1.165, 1.54) is 6.42 Å². The first-order chi connectivity index (χ1) is 6.79. The van der Waals surface area contributed by atoms with Crippen LogP contribution in [0.1, 0.15) is 19.3 Å². The first kappa shape index (κ1) is 12.0. The molecule has 0 saturated heterocycles. The number of amides is 1. The second-order valence-electron chi connectivity index (χ2n) is 3.63. The lowest BCUT2D eigenvalue weighted by atomic mass is 9.84. The van der Waals surface area contributed by atoms with Crippen LogP contribution in [0.3, 0.4) is 0 Å². The van der Waals surface area contributed by atoms with Crippen LogP contribution in [-0.4, -0.2) is 42.9 Å². The topological polar surface area (TPSA) is 29.5 Å². The smallest absolute Gasteiger partial charge is 0.225 e. The molecule has 14 heavy (non-hydrogen) atoms. The summed E-state index contributed by atoms with van der Waals surface area (Å²) in [5, 5.41) is 0.842. The van der Waals surface area contributed by atoms with E-state index in [-0.39, 0.29) is 0 Å². The van der Waals surface area contributed by atoms with Crippen LogP contribution in [0.25, 0.3) is 0 Å². The van der Waals surface area contributed by atoms with Crippen molar-refractivity contribution in [3.05, 3.63) is 0 Å². The van der Waals surface area contributed by atoms with Crippen molar-refractivity contribution in [3.8, 4) is 0 Å². The van der Waals surface area contributed by atoms with Crippen LogP contribution >= 0.6 is 15.9 Å². The van der Waals surface area contributed by atoms with E-state index in [2.05, 4.69) is 15.9 Å². The van der Waals surface area contributed by atoms with E-state index < -0.39 is 0 Å². The Kier molecular flexibility index (Phi) is 5.48. The van der Waals surface area contributed by atoms with Crippen LogP contribution in [0.4, 0.5) is 0 Å². The second kappa shape index (κ2) is 6.40. The van der Waals surface area contributed by atoms with Crippen molar-refractivity contribution in [1.82, 2.24) is 4.90 Å². The van der Waals surface area contributed by atoms with Crippen LogP contribution in [0.2, 0.25) is 0 Å². The summed E-state index contributed by atoms with van der Waals surface area (Å²) in [6.45, 7) is 2.14. The van der Waals surface area contributed by atoms with Crippen molar-refractivity contribution in [2.24, 2.45) is 5.92 Å². The average molecular weight is 264 g/mol. The van der Waals surface area contributed by atoms with Crippen LogP contribution < -0.4 is 0 Å². The van der Waals surface area contributed by atoms with Gasteiger partial charge in [0.25, 0.3) is 0 Å². The van der Waals surface area contributed by atoms with Gasteiger partial charge in [-0.3, -0.25) is 4.79 Å². The number of methoxy groups -OCH3 is 1. The van der Waals surface area contributed by atoms with Crippen LogP contribution in [-0.2, 0) is 9.53 Å². The highest BCUT2D eigenvalue weighted by molar-refractivity contribution is 9.09. The summed E-state index contributed by atoms with van der Waals surface area (Å²) in [6.07, 6.45) is 3.36. The fourth-order valence-corrected chi connectivity index (χ4v) is 1.98. The normalized spacial score (nSPS) is 16.4. The van der Waals surface area contributed by atoms with Gasteiger partial charge in [-0.1, -0.05) is 22.4 Å². The monoisotopic (exact) mass is 263 g/mol. The Bertz CT molecular complexity index is 183. The molecule has 0 aliphatic heterocycles. The molecule has 0 spiro atoms. The molecule has 1 rings (SSSR count). The highest BCUT2D eigenvalue weighted by Crippen LogP contribution is 2.28. The maximum Gasteiger partial charge on any atom is 0.225 e. The van der Waals surface area contributed by atoms with Crippen molar-refractivity contribution in [3.63, 3.8) is 0 Å². The second-order valence-corrected chi connectivity index (χ2v) is 4.43. The summed E-state index contributed by atoms with van der Waals surface area (Å²) >= 11 is 3.36. The lowest BCUT2D eigenvalue weighted by Crippen LogP contribution is -2.41. The number of carbonyl (C=O) groups is 1. The van der Waals surface area contributed by atoms with Gasteiger partial charge in [0.2, 0.25) is 5.91 Å². The minimum atomic E-state index is 0.297. The number of rotatable bonds is 6. The summed E-state index contributed by atoms with van der Waals surface area (Å²) in [6, 6.07) is 0. The van der Waals surface area contributed by atoms with Gasteiger partial charge in [0.1, 0.15) is 0 Å². The number of hydrogen-bond donors (Lipinski definition) is 0. The summed E-state index contributed by atoms with van der Waals surface area (Å²) < 4.78 is 4.99. The summed E-state index contributed by atoms with van der Waals surface area (Å²) in [4.78, 5) is 13.8. The standard InChI is InChI=1S/C10H18BrNO2/c1-14-8-7-12(6-5-11)10(13)9-3-2-4-9/h9H,2-8H2,1H3. The van der Waals surface area contributed by atoms with E-state index in [0.29, 0.717) is 18.4 Å². The molecule has 1 saturated carbocycles. The average Bonchev–Trinajstić information content (AvgIpc) is 2.09. The van der Waals surface area contributed by atoms with E-state index in [9.17, 15) is 4.79 Å².